The molecule has 0 aromatic rings. The molecule has 0 amide bonds. The molecule has 0 aliphatic heterocycles. The molecule has 0 fully saturated rings. The minimum Gasteiger partial charge on any atom is -0.122 e. The molecule has 0 rings (SSSR count). The first kappa shape index (κ1) is 16.9. The van der Waals surface area contributed by atoms with Crippen molar-refractivity contribution < 1.29 is 0 Å². The van der Waals surface area contributed by atoms with Gasteiger partial charge in [-0.2, -0.15) is 0 Å². The molecule has 0 nitrogen and oxygen atoms in total. The lowest BCUT2D eigenvalue weighted by molar-refractivity contribution is 0.698. The van der Waals surface area contributed by atoms with Crippen molar-refractivity contribution in [2.75, 3.05) is 12.3 Å². The Kier molecular flexibility index (Phi) is 19.3. The summed E-state index contributed by atoms with van der Waals surface area (Å²) in [6, 6.07) is 0. The van der Waals surface area contributed by atoms with Gasteiger partial charge in [0.05, 0.1) is 0 Å². The number of unbranched alkanes of at least 4 members (excludes halogenated alkanes) is 6. The summed E-state index contributed by atoms with van der Waals surface area (Å²) in [5.41, 5.74) is 0. The Labute approximate surface area is 95.0 Å². The lowest BCUT2D eigenvalue weighted by Gasteiger charge is -2.01. The third-order valence-electron chi connectivity index (χ3n) is 2.41. The molecule has 0 N–H and O–H groups in total. The molecule has 3 radical (unpaired) electrons. The van der Waals surface area contributed by atoms with E-state index in [-0.39, 0.29) is 8.41 Å². The Balaban J connectivity index is 0. The molecule has 0 heterocycles. The average Bonchev–Trinajstić information content (AvgIpc) is 2.16. The molecular weight excluding hydrogens is 186 g/mol. The van der Waals surface area contributed by atoms with Gasteiger partial charge in [-0.3, -0.25) is 0 Å². The summed E-state index contributed by atoms with van der Waals surface area (Å²) in [6.07, 6.45) is 14.6. The van der Waals surface area contributed by atoms with Crippen LogP contribution in [0, 0.1) is 0 Å². The van der Waals surface area contributed by atoms with Crippen molar-refractivity contribution in [1.82, 2.24) is 0 Å². The normalized spacial score (nSPS) is 9.86. The Bertz CT molecular complexity index is 76.4. The second-order valence-corrected chi connectivity index (χ2v) is 5.37. The summed E-state index contributed by atoms with van der Waals surface area (Å²) in [7, 11) is 1.25. The first-order valence-corrected chi connectivity index (χ1v) is 7.54. The fourth-order valence-corrected chi connectivity index (χ4v) is 2.73. The van der Waals surface area contributed by atoms with E-state index < -0.39 is 0 Å². The number of hydrogen-bond acceptors (Lipinski definition) is 0. The molecular formula is C12H27BP. The number of rotatable bonds is 10. The van der Waals surface area contributed by atoms with Crippen molar-refractivity contribution in [3.05, 3.63) is 0 Å². The van der Waals surface area contributed by atoms with Gasteiger partial charge in [-0.05, 0) is 25.2 Å². The van der Waals surface area contributed by atoms with Gasteiger partial charge < -0.3 is 0 Å². The van der Waals surface area contributed by atoms with Crippen molar-refractivity contribution in [2.45, 2.75) is 65.2 Å². The van der Waals surface area contributed by atoms with Crippen LogP contribution in [0.4, 0.5) is 0 Å². The average molecular weight is 213 g/mol. The second kappa shape index (κ2) is 15.9. The van der Waals surface area contributed by atoms with E-state index in [1.165, 1.54) is 72.3 Å². The fraction of sp³-hybridized carbons (Fsp3) is 1.00. The number of hydrogen-bond donors (Lipinski definition) is 0. The lowest BCUT2D eigenvalue weighted by Crippen LogP contribution is -1.83. The van der Waals surface area contributed by atoms with Gasteiger partial charge in [-0.15, -0.1) is 8.58 Å². The van der Waals surface area contributed by atoms with Crippen molar-refractivity contribution >= 4 is 17.0 Å². The summed E-state index contributed by atoms with van der Waals surface area (Å²) in [5.74, 6) is 0. The molecule has 0 atom stereocenters. The minimum absolute atomic E-state index is 0. The Morgan fingerprint density at radius 2 is 1.07 bits per heavy atom. The van der Waals surface area contributed by atoms with Crippen LogP contribution in [0.25, 0.3) is 0 Å². The van der Waals surface area contributed by atoms with E-state index in [0.717, 1.165) is 0 Å². The highest BCUT2D eigenvalue weighted by Crippen LogP contribution is 2.16. The molecule has 0 aliphatic carbocycles. The van der Waals surface area contributed by atoms with Gasteiger partial charge in [-0.1, -0.05) is 52.4 Å². The minimum atomic E-state index is 0. The highest BCUT2D eigenvalue weighted by molar-refractivity contribution is 7.37. The summed E-state index contributed by atoms with van der Waals surface area (Å²) in [4.78, 5) is 0. The molecule has 83 valence electrons. The molecule has 0 aromatic carbocycles. The van der Waals surface area contributed by atoms with E-state index in [1.54, 1.807) is 0 Å². The summed E-state index contributed by atoms with van der Waals surface area (Å²) in [5, 5.41) is 0. The van der Waals surface area contributed by atoms with Crippen LogP contribution in [0.3, 0.4) is 0 Å². The monoisotopic (exact) mass is 213 g/mol. The van der Waals surface area contributed by atoms with E-state index in [4.69, 9.17) is 0 Å². The zero-order chi connectivity index (χ0) is 9.78. The van der Waals surface area contributed by atoms with E-state index in [9.17, 15) is 0 Å². The van der Waals surface area contributed by atoms with E-state index >= 15 is 0 Å². The van der Waals surface area contributed by atoms with Crippen LogP contribution >= 0.6 is 8.58 Å². The lowest BCUT2D eigenvalue weighted by atomic mass is 10.2. The van der Waals surface area contributed by atoms with Gasteiger partial charge in [0.15, 0.2) is 0 Å². The van der Waals surface area contributed by atoms with Crippen molar-refractivity contribution in [2.24, 2.45) is 0 Å². The molecule has 0 saturated carbocycles. The molecule has 0 unspecified atom stereocenters. The first-order chi connectivity index (χ1) is 6.41. The maximum Gasteiger partial charge on any atom is 0 e. The van der Waals surface area contributed by atoms with Crippen LogP contribution in [0.2, 0.25) is 0 Å². The standard InChI is InChI=1S/C12H27P.B/c1-3-5-7-9-11-13-12-10-8-6-4-2;/h13H,3-12H2,1-2H3;. The van der Waals surface area contributed by atoms with Crippen molar-refractivity contribution in [1.29, 1.82) is 0 Å². The smallest absolute Gasteiger partial charge is 0 e. The van der Waals surface area contributed by atoms with Crippen LogP contribution in [0.15, 0.2) is 0 Å². The predicted molar refractivity (Wildman–Crippen MR) is 72.1 cm³/mol. The SMILES string of the molecule is CCCCCCPCCCCCC.[B]. The van der Waals surface area contributed by atoms with Gasteiger partial charge in [0.2, 0.25) is 0 Å². The quantitative estimate of drug-likeness (QED) is 0.286. The predicted octanol–water partition coefficient (Wildman–Crippen LogP) is 4.44. The Hall–Kier alpha value is 0.495. The molecule has 0 spiro atoms. The third-order valence-corrected chi connectivity index (χ3v) is 3.83. The zero-order valence-electron chi connectivity index (χ0n) is 10.1. The van der Waals surface area contributed by atoms with Crippen LogP contribution in [-0.2, 0) is 0 Å². The first-order valence-electron chi connectivity index (χ1n) is 6.12. The Morgan fingerprint density at radius 1 is 0.643 bits per heavy atom. The van der Waals surface area contributed by atoms with E-state index in [1.807, 2.05) is 0 Å². The second-order valence-electron chi connectivity index (χ2n) is 3.87. The fourth-order valence-electron chi connectivity index (χ4n) is 1.48. The summed E-state index contributed by atoms with van der Waals surface area (Å²) in [6.45, 7) is 4.57. The van der Waals surface area contributed by atoms with Gasteiger partial charge in [0, 0.05) is 8.41 Å². The highest BCUT2D eigenvalue weighted by Gasteiger charge is 1.90. The molecule has 0 bridgehead atoms. The van der Waals surface area contributed by atoms with Crippen molar-refractivity contribution in [3.63, 3.8) is 0 Å². The van der Waals surface area contributed by atoms with Crippen LogP contribution in [-0.4, -0.2) is 20.7 Å². The topological polar surface area (TPSA) is 0 Å². The van der Waals surface area contributed by atoms with Gasteiger partial charge in [0.1, 0.15) is 0 Å². The van der Waals surface area contributed by atoms with Crippen LogP contribution < -0.4 is 0 Å². The van der Waals surface area contributed by atoms with E-state index in [0.29, 0.717) is 0 Å². The van der Waals surface area contributed by atoms with Gasteiger partial charge >= 0.3 is 0 Å². The third kappa shape index (κ3) is 15.0. The molecule has 0 saturated heterocycles. The maximum atomic E-state index is 2.28. The summed E-state index contributed by atoms with van der Waals surface area (Å²) >= 11 is 0. The maximum absolute atomic E-state index is 2.28. The van der Waals surface area contributed by atoms with E-state index in [2.05, 4.69) is 13.8 Å². The van der Waals surface area contributed by atoms with Crippen molar-refractivity contribution in [3.8, 4) is 0 Å². The molecule has 14 heavy (non-hydrogen) atoms. The molecule has 2 heteroatoms. The Morgan fingerprint density at radius 3 is 1.43 bits per heavy atom. The van der Waals surface area contributed by atoms with Gasteiger partial charge in [-0.25, -0.2) is 0 Å². The zero-order valence-corrected chi connectivity index (χ0v) is 11.1. The largest absolute Gasteiger partial charge is 0.122 e. The molecule has 0 aromatic heterocycles. The molecule has 0 aliphatic rings. The van der Waals surface area contributed by atoms with Gasteiger partial charge in [0.25, 0.3) is 0 Å². The van der Waals surface area contributed by atoms with Crippen LogP contribution in [0.1, 0.15) is 65.2 Å². The van der Waals surface area contributed by atoms with Crippen LogP contribution in [0.5, 0.6) is 0 Å². The highest BCUT2D eigenvalue weighted by atomic mass is 31.1. The summed E-state index contributed by atoms with van der Waals surface area (Å²) < 4.78 is 0.